The molecule has 0 fully saturated rings. The van der Waals surface area contributed by atoms with E-state index in [1.54, 1.807) is 31.2 Å². The third-order valence-corrected chi connectivity index (χ3v) is 5.36. The van der Waals surface area contributed by atoms with Crippen molar-refractivity contribution in [3.05, 3.63) is 74.7 Å². The molecule has 3 aromatic rings. The molecule has 0 radical (unpaired) electrons. The van der Waals surface area contributed by atoms with Crippen molar-refractivity contribution in [2.45, 2.75) is 54.2 Å². The van der Waals surface area contributed by atoms with Crippen molar-refractivity contribution in [2.24, 2.45) is 5.92 Å². The van der Waals surface area contributed by atoms with Gasteiger partial charge in [0.15, 0.2) is 11.8 Å². The second kappa shape index (κ2) is 8.84. The number of Topliss-reactive ketones (excluding diaryl/α,β-unsaturated/α-hetero) is 1. The first-order valence-corrected chi connectivity index (χ1v) is 10.4. The van der Waals surface area contributed by atoms with Crippen LogP contribution in [0.4, 0.5) is 0 Å². The number of esters is 1. The number of carbonyl (C=O) groups is 2. The van der Waals surface area contributed by atoms with Gasteiger partial charge in [0.2, 0.25) is 5.78 Å². The van der Waals surface area contributed by atoms with E-state index in [2.05, 4.69) is 5.10 Å². The van der Waals surface area contributed by atoms with E-state index in [1.165, 1.54) is 4.68 Å². The number of ether oxygens (including phenoxy) is 1. The molecule has 1 aromatic heterocycles. The molecule has 6 heteroatoms. The van der Waals surface area contributed by atoms with E-state index in [0.29, 0.717) is 22.9 Å². The van der Waals surface area contributed by atoms with Gasteiger partial charge < -0.3 is 4.74 Å². The van der Waals surface area contributed by atoms with E-state index in [-0.39, 0.29) is 23.0 Å². The van der Waals surface area contributed by atoms with E-state index < -0.39 is 12.1 Å². The van der Waals surface area contributed by atoms with Gasteiger partial charge in [-0.25, -0.2) is 9.48 Å². The Morgan fingerprint density at radius 2 is 1.58 bits per heavy atom. The van der Waals surface area contributed by atoms with Crippen LogP contribution < -0.4 is 5.56 Å². The molecule has 2 aromatic carbocycles. The quantitative estimate of drug-likeness (QED) is 0.436. The Hall–Kier alpha value is -3.28. The number of ketones is 1. The number of rotatable bonds is 6. The molecule has 0 saturated heterocycles. The average Bonchev–Trinajstić information content (AvgIpc) is 2.71. The summed E-state index contributed by atoms with van der Waals surface area (Å²) in [7, 11) is 0. The molecule has 0 unspecified atom stereocenters. The van der Waals surface area contributed by atoms with Crippen molar-refractivity contribution in [1.29, 1.82) is 0 Å². The van der Waals surface area contributed by atoms with Gasteiger partial charge in [-0.05, 0) is 62.4 Å². The molecule has 0 spiro atoms. The van der Waals surface area contributed by atoms with Crippen molar-refractivity contribution < 1.29 is 14.3 Å². The monoisotopic (exact) mass is 420 g/mol. The molecule has 162 valence electrons. The van der Waals surface area contributed by atoms with Crippen LogP contribution in [0.5, 0.6) is 0 Å². The Kier molecular flexibility index (Phi) is 6.39. The number of aromatic nitrogens is 2. The zero-order chi connectivity index (χ0) is 22.9. The molecular weight excluding hydrogens is 392 g/mol. The minimum absolute atomic E-state index is 0.0345. The van der Waals surface area contributed by atoms with Gasteiger partial charge in [-0.15, -0.1) is 0 Å². The maximum absolute atomic E-state index is 13.0. The Morgan fingerprint density at radius 3 is 2.23 bits per heavy atom. The SMILES string of the molecule is Cc1cc(C)c(C(=O)[C@@H](C)OC(=O)c2nn(CC(C)C)c(=O)c3ccccc23)cc1C. The molecule has 0 saturated carbocycles. The summed E-state index contributed by atoms with van der Waals surface area (Å²) in [6, 6.07) is 10.6. The summed E-state index contributed by atoms with van der Waals surface area (Å²) >= 11 is 0. The third-order valence-electron chi connectivity index (χ3n) is 5.36. The zero-order valence-corrected chi connectivity index (χ0v) is 18.9. The molecule has 0 aliphatic carbocycles. The number of nitrogens with zero attached hydrogens (tertiary/aromatic N) is 2. The highest BCUT2D eigenvalue weighted by Crippen LogP contribution is 2.20. The third kappa shape index (κ3) is 4.58. The van der Waals surface area contributed by atoms with Gasteiger partial charge in [-0.1, -0.05) is 38.1 Å². The van der Waals surface area contributed by atoms with Gasteiger partial charge in [-0.3, -0.25) is 9.59 Å². The number of hydrogen-bond acceptors (Lipinski definition) is 5. The summed E-state index contributed by atoms with van der Waals surface area (Å²) in [6.45, 7) is 11.7. The molecule has 0 bridgehead atoms. The van der Waals surface area contributed by atoms with Crippen molar-refractivity contribution in [3.8, 4) is 0 Å². The highest BCUT2D eigenvalue weighted by molar-refractivity contribution is 6.05. The normalized spacial score (nSPS) is 12.2. The van der Waals surface area contributed by atoms with Gasteiger partial charge in [0.05, 0.1) is 5.39 Å². The lowest BCUT2D eigenvalue weighted by molar-refractivity contribution is 0.0312. The summed E-state index contributed by atoms with van der Waals surface area (Å²) in [6.07, 6.45) is -0.987. The number of benzene rings is 2. The molecule has 1 heterocycles. The van der Waals surface area contributed by atoms with Crippen molar-refractivity contribution in [3.63, 3.8) is 0 Å². The second-order valence-electron chi connectivity index (χ2n) is 8.44. The highest BCUT2D eigenvalue weighted by Gasteiger charge is 2.25. The maximum atomic E-state index is 13.0. The van der Waals surface area contributed by atoms with Gasteiger partial charge in [0.1, 0.15) is 0 Å². The molecule has 0 N–H and O–H groups in total. The summed E-state index contributed by atoms with van der Waals surface area (Å²) in [5.41, 5.74) is 3.25. The minimum atomic E-state index is -0.987. The first kappa shape index (κ1) is 22.4. The second-order valence-corrected chi connectivity index (χ2v) is 8.44. The van der Waals surface area contributed by atoms with Crippen LogP contribution in [0.3, 0.4) is 0 Å². The Balaban J connectivity index is 1.96. The van der Waals surface area contributed by atoms with Crippen LogP contribution in [-0.2, 0) is 11.3 Å². The Labute approximate surface area is 181 Å². The first-order chi connectivity index (χ1) is 14.6. The van der Waals surface area contributed by atoms with Crippen LogP contribution in [-0.4, -0.2) is 27.6 Å². The largest absolute Gasteiger partial charge is 0.449 e. The van der Waals surface area contributed by atoms with Crippen LogP contribution in [0.25, 0.3) is 10.8 Å². The Bertz CT molecular complexity index is 1220. The van der Waals surface area contributed by atoms with Crippen molar-refractivity contribution in [1.82, 2.24) is 9.78 Å². The fraction of sp³-hybridized carbons (Fsp3) is 0.360. The van der Waals surface area contributed by atoms with Crippen molar-refractivity contribution >= 4 is 22.5 Å². The molecule has 0 aliphatic heterocycles. The number of aryl methyl sites for hydroxylation is 3. The molecule has 0 amide bonds. The molecule has 6 nitrogen and oxygen atoms in total. The fourth-order valence-electron chi connectivity index (χ4n) is 3.57. The van der Waals surface area contributed by atoms with E-state index >= 15 is 0 Å². The van der Waals surface area contributed by atoms with Crippen LogP contribution in [0.2, 0.25) is 0 Å². The minimum Gasteiger partial charge on any atom is -0.449 e. The van der Waals surface area contributed by atoms with E-state index in [0.717, 1.165) is 16.7 Å². The lowest BCUT2D eigenvalue weighted by Gasteiger charge is -2.16. The van der Waals surface area contributed by atoms with Crippen LogP contribution >= 0.6 is 0 Å². The lowest BCUT2D eigenvalue weighted by Crippen LogP contribution is -2.30. The zero-order valence-electron chi connectivity index (χ0n) is 18.9. The molecule has 3 rings (SSSR count). The number of hydrogen-bond donors (Lipinski definition) is 0. The summed E-state index contributed by atoms with van der Waals surface area (Å²) in [4.78, 5) is 38.7. The first-order valence-electron chi connectivity index (χ1n) is 10.4. The Morgan fingerprint density at radius 1 is 0.968 bits per heavy atom. The van der Waals surface area contributed by atoms with E-state index in [1.807, 2.05) is 46.8 Å². The predicted octanol–water partition coefficient (Wildman–Crippen LogP) is 4.41. The predicted molar refractivity (Wildman–Crippen MR) is 121 cm³/mol. The average molecular weight is 421 g/mol. The summed E-state index contributed by atoms with van der Waals surface area (Å²) in [5, 5.41) is 5.10. The summed E-state index contributed by atoms with van der Waals surface area (Å²) in [5.74, 6) is -0.826. The van der Waals surface area contributed by atoms with Crippen LogP contribution in [0.1, 0.15) is 58.3 Å². The van der Waals surface area contributed by atoms with Gasteiger partial charge in [-0.2, -0.15) is 5.10 Å². The molecular formula is C25H28N2O4. The number of fused-ring (bicyclic) bond motifs is 1. The molecule has 1 atom stereocenters. The molecule has 31 heavy (non-hydrogen) atoms. The van der Waals surface area contributed by atoms with Gasteiger partial charge in [0, 0.05) is 17.5 Å². The highest BCUT2D eigenvalue weighted by atomic mass is 16.5. The smallest absolute Gasteiger partial charge is 0.360 e. The maximum Gasteiger partial charge on any atom is 0.360 e. The fourth-order valence-corrected chi connectivity index (χ4v) is 3.57. The lowest BCUT2D eigenvalue weighted by atomic mass is 9.96. The van der Waals surface area contributed by atoms with E-state index in [9.17, 15) is 14.4 Å². The van der Waals surface area contributed by atoms with Crippen LogP contribution in [0.15, 0.2) is 41.2 Å². The topological polar surface area (TPSA) is 78.3 Å². The van der Waals surface area contributed by atoms with Crippen molar-refractivity contribution in [2.75, 3.05) is 0 Å². The summed E-state index contributed by atoms with van der Waals surface area (Å²) < 4.78 is 6.81. The van der Waals surface area contributed by atoms with E-state index in [4.69, 9.17) is 4.74 Å². The van der Waals surface area contributed by atoms with Gasteiger partial charge in [0.25, 0.3) is 5.56 Å². The van der Waals surface area contributed by atoms with Gasteiger partial charge >= 0.3 is 5.97 Å². The standard InChI is InChI=1S/C25H28N2O4/c1-14(2)13-27-24(29)20-10-8-7-9-19(20)22(26-27)25(30)31-18(6)23(28)21-12-16(4)15(3)11-17(21)5/h7-12,14,18H,13H2,1-6H3/t18-/m1/s1. The molecule has 0 aliphatic rings. The number of carbonyl (C=O) groups excluding carboxylic acids is 2. The van der Waals surface area contributed by atoms with Crippen LogP contribution in [0, 0.1) is 26.7 Å².